The van der Waals surface area contributed by atoms with Gasteiger partial charge in [-0.15, -0.1) is 0 Å². The van der Waals surface area contributed by atoms with E-state index in [4.69, 9.17) is 4.74 Å². The molecule has 0 bridgehead atoms. The fourth-order valence-corrected chi connectivity index (χ4v) is 4.15. The molecule has 1 atom stereocenters. The van der Waals surface area contributed by atoms with Crippen LogP contribution in [0.3, 0.4) is 0 Å². The zero-order valence-corrected chi connectivity index (χ0v) is 21.6. The topological polar surface area (TPSA) is 102 Å². The molecular formula is C27H31F3N6O3. The summed E-state index contributed by atoms with van der Waals surface area (Å²) >= 11 is 0. The van der Waals surface area contributed by atoms with Crippen LogP contribution in [-0.2, 0) is 12.7 Å². The molecule has 1 saturated heterocycles. The smallest absolute Gasteiger partial charge is 0.416 e. The minimum atomic E-state index is -4.52. The van der Waals surface area contributed by atoms with Gasteiger partial charge in [-0.05, 0) is 55.1 Å². The molecule has 1 aliphatic heterocycles. The summed E-state index contributed by atoms with van der Waals surface area (Å²) in [5.74, 6) is 0.555. The van der Waals surface area contributed by atoms with Gasteiger partial charge in [0.1, 0.15) is 17.2 Å². The predicted molar refractivity (Wildman–Crippen MR) is 142 cm³/mol. The van der Waals surface area contributed by atoms with E-state index < -0.39 is 18.1 Å². The van der Waals surface area contributed by atoms with Gasteiger partial charge in [-0.3, -0.25) is 14.7 Å². The summed E-state index contributed by atoms with van der Waals surface area (Å²) in [6.07, 6.45) is -4.42. The van der Waals surface area contributed by atoms with E-state index in [1.807, 2.05) is 11.9 Å². The number of likely N-dealkylation sites (N-methyl/N-ethyl adjacent to an activating group) is 1. The van der Waals surface area contributed by atoms with Crippen molar-refractivity contribution in [1.82, 2.24) is 20.1 Å². The predicted octanol–water partition coefficient (Wildman–Crippen LogP) is 3.80. The number of anilines is 2. The number of piperazine rings is 1. The Labute approximate surface area is 224 Å². The van der Waals surface area contributed by atoms with Crippen LogP contribution in [0.5, 0.6) is 11.5 Å². The van der Waals surface area contributed by atoms with Crippen LogP contribution in [0, 0.1) is 0 Å². The lowest BCUT2D eigenvalue weighted by Crippen LogP contribution is -2.44. The van der Waals surface area contributed by atoms with Crippen LogP contribution in [0.2, 0.25) is 0 Å². The molecular weight excluding hydrogens is 513 g/mol. The first kappa shape index (κ1) is 28.1. The lowest BCUT2D eigenvalue weighted by atomic mass is 10.0. The second kappa shape index (κ2) is 12.3. The number of amides is 1. The van der Waals surface area contributed by atoms with Crippen LogP contribution in [0.25, 0.3) is 0 Å². The molecule has 1 aromatic heterocycles. The van der Waals surface area contributed by atoms with Crippen molar-refractivity contribution >= 4 is 17.3 Å². The average Bonchev–Trinajstić information content (AvgIpc) is 2.91. The van der Waals surface area contributed by atoms with Crippen LogP contribution in [0.15, 0.2) is 60.8 Å². The van der Waals surface area contributed by atoms with Crippen molar-refractivity contribution in [2.45, 2.75) is 19.1 Å². The van der Waals surface area contributed by atoms with E-state index in [1.54, 1.807) is 30.3 Å². The van der Waals surface area contributed by atoms with Crippen molar-refractivity contribution in [1.29, 1.82) is 0 Å². The first-order valence-corrected chi connectivity index (χ1v) is 12.4. The molecule has 1 unspecified atom stereocenters. The van der Waals surface area contributed by atoms with Crippen LogP contribution < -0.4 is 20.7 Å². The van der Waals surface area contributed by atoms with Crippen LogP contribution in [-0.4, -0.2) is 72.4 Å². The highest BCUT2D eigenvalue weighted by Gasteiger charge is 2.34. The molecule has 208 valence electrons. The number of pyridine rings is 1. The SMILES string of the molecule is CNC(=O)c1cc(Oc2ccc(NC(O)Nc3ccc(CN4CCN(C)CC4)c(C(F)(F)F)c3)cc2)ccn1. The Balaban J connectivity index is 1.37. The summed E-state index contributed by atoms with van der Waals surface area (Å²) < 4.78 is 47.3. The van der Waals surface area contributed by atoms with Gasteiger partial charge in [0.15, 0.2) is 0 Å². The summed E-state index contributed by atoms with van der Waals surface area (Å²) in [6.45, 7) is 3.26. The third-order valence-corrected chi connectivity index (χ3v) is 6.29. The van der Waals surface area contributed by atoms with Gasteiger partial charge in [0.25, 0.3) is 5.91 Å². The van der Waals surface area contributed by atoms with E-state index in [0.29, 0.717) is 30.3 Å². The Bertz CT molecular complexity index is 1260. The fourth-order valence-electron chi connectivity index (χ4n) is 4.15. The van der Waals surface area contributed by atoms with Crippen molar-refractivity contribution < 1.29 is 27.8 Å². The van der Waals surface area contributed by atoms with Crippen LogP contribution >= 0.6 is 0 Å². The lowest BCUT2D eigenvalue weighted by molar-refractivity contribution is -0.138. The monoisotopic (exact) mass is 544 g/mol. The molecule has 2 heterocycles. The number of carbonyl (C=O) groups is 1. The quantitative estimate of drug-likeness (QED) is 0.302. The first-order chi connectivity index (χ1) is 18.6. The Morgan fingerprint density at radius 2 is 1.67 bits per heavy atom. The van der Waals surface area contributed by atoms with Gasteiger partial charge in [-0.2, -0.15) is 13.2 Å². The molecule has 0 radical (unpaired) electrons. The van der Waals surface area contributed by atoms with E-state index in [-0.39, 0.29) is 29.4 Å². The van der Waals surface area contributed by atoms with Gasteiger partial charge in [0, 0.05) is 63.4 Å². The third kappa shape index (κ3) is 7.82. The maximum atomic E-state index is 13.8. The van der Waals surface area contributed by atoms with E-state index in [2.05, 4.69) is 25.8 Å². The fraction of sp³-hybridized carbons (Fsp3) is 0.333. The van der Waals surface area contributed by atoms with Gasteiger partial charge in [-0.1, -0.05) is 6.07 Å². The molecule has 4 rings (SSSR count). The molecule has 4 N–H and O–H groups in total. The number of aliphatic hydroxyl groups excluding tert-OH is 1. The molecule has 12 heteroatoms. The summed E-state index contributed by atoms with van der Waals surface area (Å²) in [7, 11) is 3.50. The first-order valence-electron chi connectivity index (χ1n) is 12.4. The normalized spacial score (nSPS) is 15.4. The Kier molecular flexibility index (Phi) is 8.90. The molecule has 0 saturated carbocycles. The van der Waals surface area contributed by atoms with Crippen molar-refractivity contribution in [2.24, 2.45) is 0 Å². The Hall–Kier alpha value is -3.87. The van der Waals surface area contributed by atoms with Crippen molar-refractivity contribution in [2.75, 3.05) is 50.9 Å². The molecule has 3 aromatic rings. The highest BCUT2D eigenvalue weighted by Crippen LogP contribution is 2.35. The molecule has 1 fully saturated rings. The zero-order chi connectivity index (χ0) is 28.0. The minimum absolute atomic E-state index is 0.133. The van der Waals surface area contributed by atoms with Gasteiger partial charge in [-0.25, -0.2) is 0 Å². The maximum absolute atomic E-state index is 13.8. The number of carbonyl (C=O) groups excluding carboxylic acids is 1. The van der Waals surface area contributed by atoms with Crippen molar-refractivity contribution in [3.8, 4) is 11.5 Å². The summed E-state index contributed by atoms with van der Waals surface area (Å²) in [5.41, 5.74) is 0.325. The van der Waals surface area contributed by atoms with E-state index in [0.717, 1.165) is 19.2 Å². The number of benzene rings is 2. The van der Waals surface area contributed by atoms with Gasteiger partial charge in [0.05, 0.1) is 5.56 Å². The van der Waals surface area contributed by atoms with Gasteiger partial charge >= 0.3 is 6.18 Å². The molecule has 0 aliphatic carbocycles. The number of aromatic nitrogens is 1. The molecule has 2 aromatic carbocycles. The highest BCUT2D eigenvalue weighted by molar-refractivity contribution is 5.92. The standard InChI is InChI=1S/C27H31F3N6O3/c1-31-25(37)24-16-22(9-10-32-24)39-21-7-5-19(6-8-21)33-26(38)34-20-4-3-18(23(15-20)27(28,29)30)17-36-13-11-35(2)12-14-36/h3-10,15-16,26,33-34,38H,11-14,17H2,1-2H3,(H,31,37). The highest BCUT2D eigenvalue weighted by atomic mass is 19.4. The third-order valence-electron chi connectivity index (χ3n) is 6.29. The summed E-state index contributed by atoms with van der Waals surface area (Å²) in [6, 6.07) is 13.7. The van der Waals surface area contributed by atoms with E-state index in [9.17, 15) is 23.1 Å². The number of rotatable bonds is 9. The number of ether oxygens (including phenoxy) is 1. The molecule has 39 heavy (non-hydrogen) atoms. The number of halogens is 3. The zero-order valence-electron chi connectivity index (χ0n) is 21.6. The molecule has 1 aliphatic rings. The van der Waals surface area contributed by atoms with Crippen molar-refractivity contribution in [3.63, 3.8) is 0 Å². The number of hydrogen-bond donors (Lipinski definition) is 4. The molecule has 0 spiro atoms. The summed E-state index contributed by atoms with van der Waals surface area (Å²) in [5, 5.41) is 18.4. The lowest BCUT2D eigenvalue weighted by Gasteiger charge is -2.33. The minimum Gasteiger partial charge on any atom is -0.457 e. The average molecular weight is 545 g/mol. The molecule has 9 nitrogen and oxygen atoms in total. The van der Waals surface area contributed by atoms with E-state index in [1.165, 1.54) is 31.4 Å². The van der Waals surface area contributed by atoms with Crippen molar-refractivity contribution in [3.05, 3.63) is 77.6 Å². The van der Waals surface area contributed by atoms with Crippen LogP contribution in [0.4, 0.5) is 24.5 Å². The number of alkyl halides is 3. The Morgan fingerprint density at radius 3 is 2.33 bits per heavy atom. The number of nitrogens with zero attached hydrogens (tertiary/aromatic N) is 3. The number of hydrogen-bond acceptors (Lipinski definition) is 8. The molecule has 1 amide bonds. The second-order valence-electron chi connectivity index (χ2n) is 9.22. The maximum Gasteiger partial charge on any atom is 0.416 e. The largest absolute Gasteiger partial charge is 0.457 e. The second-order valence-corrected chi connectivity index (χ2v) is 9.22. The van der Waals surface area contributed by atoms with E-state index >= 15 is 0 Å². The van der Waals surface area contributed by atoms with Gasteiger partial charge < -0.3 is 30.7 Å². The summed E-state index contributed by atoms with van der Waals surface area (Å²) in [4.78, 5) is 19.9. The Morgan fingerprint density at radius 1 is 1.00 bits per heavy atom. The van der Waals surface area contributed by atoms with Gasteiger partial charge in [0.2, 0.25) is 6.35 Å². The van der Waals surface area contributed by atoms with Crippen LogP contribution in [0.1, 0.15) is 21.6 Å². The number of aliphatic hydroxyl groups is 1. The number of nitrogens with one attached hydrogen (secondary N) is 3.